The summed E-state index contributed by atoms with van der Waals surface area (Å²) in [5.41, 5.74) is 0.601. The summed E-state index contributed by atoms with van der Waals surface area (Å²) >= 11 is 3.06. The summed E-state index contributed by atoms with van der Waals surface area (Å²) < 4.78 is 33.2. The van der Waals surface area contributed by atoms with Gasteiger partial charge in [-0.15, -0.1) is 0 Å². The van der Waals surface area contributed by atoms with Crippen molar-refractivity contribution in [2.45, 2.75) is 12.5 Å². The van der Waals surface area contributed by atoms with E-state index >= 15 is 0 Å². The molecule has 1 N–H and O–H groups in total. The molecule has 112 valence electrons. The van der Waals surface area contributed by atoms with Gasteiger partial charge in [-0.25, -0.2) is 18.7 Å². The lowest BCUT2D eigenvalue weighted by molar-refractivity contribution is 0.394. The molecule has 1 heterocycles. The predicted molar refractivity (Wildman–Crippen MR) is 78.1 cm³/mol. The summed E-state index contributed by atoms with van der Waals surface area (Å²) in [6, 6.07) is 3.85. The SMILES string of the molecule is CNC(Cc1c(F)ccc(Br)c1F)c1cc(OC)ncn1. The maximum Gasteiger partial charge on any atom is 0.216 e. The first-order valence-electron chi connectivity index (χ1n) is 6.22. The van der Waals surface area contributed by atoms with Crippen LogP contribution in [0, 0.1) is 11.6 Å². The number of methoxy groups -OCH3 is 1. The van der Waals surface area contributed by atoms with Crippen molar-refractivity contribution in [3.63, 3.8) is 0 Å². The zero-order chi connectivity index (χ0) is 15.4. The molecule has 0 bridgehead atoms. The molecule has 0 aliphatic carbocycles. The molecule has 0 aliphatic heterocycles. The lowest BCUT2D eigenvalue weighted by Crippen LogP contribution is -2.21. The number of nitrogens with zero attached hydrogens (tertiary/aromatic N) is 2. The second-order valence-corrected chi connectivity index (χ2v) is 5.21. The molecule has 0 radical (unpaired) electrons. The second-order valence-electron chi connectivity index (χ2n) is 4.35. The number of aromatic nitrogens is 2. The van der Waals surface area contributed by atoms with Crippen molar-refractivity contribution < 1.29 is 13.5 Å². The number of hydrogen-bond acceptors (Lipinski definition) is 4. The molecule has 0 saturated heterocycles. The number of likely N-dealkylation sites (N-methyl/N-ethyl adjacent to an activating group) is 1. The van der Waals surface area contributed by atoms with Gasteiger partial charge in [0.15, 0.2) is 0 Å². The molecule has 1 aromatic carbocycles. The molecule has 0 amide bonds. The van der Waals surface area contributed by atoms with E-state index in [1.807, 2.05) is 0 Å². The third-order valence-electron chi connectivity index (χ3n) is 3.12. The highest BCUT2D eigenvalue weighted by atomic mass is 79.9. The molecule has 4 nitrogen and oxygen atoms in total. The van der Waals surface area contributed by atoms with Gasteiger partial charge in [-0.1, -0.05) is 0 Å². The number of rotatable bonds is 5. The Hall–Kier alpha value is -1.60. The molecule has 1 unspecified atom stereocenters. The third-order valence-corrected chi connectivity index (χ3v) is 3.74. The van der Waals surface area contributed by atoms with Gasteiger partial charge in [-0.3, -0.25) is 0 Å². The van der Waals surface area contributed by atoms with Gasteiger partial charge in [-0.2, -0.15) is 0 Å². The van der Waals surface area contributed by atoms with Gasteiger partial charge >= 0.3 is 0 Å². The van der Waals surface area contributed by atoms with Crippen molar-refractivity contribution in [3.8, 4) is 5.88 Å². The Balaban J connectivity index is 2.33. The number of hydrogen-bond donors (Lipinski definition) is 1. The van der Waals surface area contributed by atoms with Crippen LogP contribution in [0.5, 0.6) is 5.88 Å². The number of halogens is 3. The minimum Gasteiger partial charge on any atom is -0.481 e. The summed E-state index contributed by atoms with van der Waals surface area (Å²) in [6.45, 7) is 0. The standard InChI is InChI=1S/C14H14BrF2N3O/c1-18-11(12-6-13(21-2)20-7-19-12)5-8-10(16)4-3-9(15)14(8)17/h3-4,6-7,11,18H,5H2,1-2H3. The van der Waals surface area contributed by atoms with Gasteiger partial charge in [0.2, 0.25) is 5.88 Å². The van der Waals surface area contributed by atoms with Crippen molar-refractivity contribution in [3.05, 3.63) is 51.9 Å². The van der Waals surface area contributed by atoms with E-state index in [1.165, 1.54) is 25.6 Å². The van der Waals surface area contributed by atoms with Gasteiger partial charge in [0.05, 0.1) is 23.3 Å². The molecule has 1 atom stereocenters. The highest BCUT2D eigenvalue weighted by Gasteiger charge is 2.19. The van der Waals surface area contributed by atoms with E-state index in [1.54, 1.807) is 13.1 Å². The maximum absolute atomic E-state index is 14.0. The van der Waals surface area contributed by atoms with Gasteiger partial charge in [0, 0.05) is 11.6 Å². The second kappa shape index (κ2) is 6.91. The van der Waals surface area contributed by atoms with Crippen LogP contribution >= 0.6 is 15.9 Å². The minimum atomic E-state index is -0.601. The van der Waals surface area contributed by atoms with E-state index in [0.717, 1.165) is 0 Å². The Labute approximate surface area is 129 Å². The van der Waals surface area contributed by atoms with Gasteiger partial charge in [-0.05, 0) is 41.5 Å². The number of benzene rings is 1. The maximum atomic E-state index is 14.0. The first kappa shape index (κ1) is 15.8. The minimum absolute atomic E-state index is 0.00121. The van der Waals surface area contributed by atoms with Crippen LogP contribution in [-0.4, -0.2) is 24.1 Å². The van der Waals surface area contributed by atoms with Gasteiger partial charge < -0.3 is 10.1 Å². The highest BCUT2D eigenvalue weighted by Crippen LogP contribution is 2.26. The summed E-state index contributed by atoms with van der Waals surface area (Å²) in [7, 11) is 3.20. The first-order valence-corrected chi connectivity index (χ1v) is 7.01. The zero-order valence-electron chi connectivity index (χ0n) is 11.5. The molecule has 0 spiro atoms. The van der Waals surface area contributed by atoms with Crippen molar-refractivity contribution in [2.24, 2.45) is 0 Å². The molecule has 21 heavy (non-hydrogen) atoms. The summed E-state index contributed by atoms with van der Waals surface area (Å²) in [5.74, 6) is -0.788. The molecule has 0 aliphatic rings. The molecule has 0 fully saturated rings. The van der Waals surface area contributed by atoms with Crippen LogP contribution < -0.4 is 10.1 Å². The number of nitrogens with one attached hydrogen (secondary N) is 1. The monoisotopic (exact) mass is 357 g/mol. The molecule has 2 aromatic rings. The molecule has 1 aromatic heterocycles. The fourth-order valence-corrected chi connectivity index (χ4v) is 2.34. The van der Waals surface area contributed by atoms with E-state index in [9.17, 15) is 8.78 Å². The average Bonchev–Trinajstić information content (AvgIpc) is 2.51. The Morgan fingerprint density at radius 1 is 1.33 bits per heavy atom. The normalized spacial score (nSPS) is 12.2. The van der Waals surface area contributed by atoms with Crippen LogP contribution in [0.4, 0.5) is 8.78 Å². The smallest absolute Gasteiger partial charge is 0.216 e. The molecule has 7 heteroatoms. The Morgan fingerprint density at radius 3 is 2.76 bits per heavy atom. The lowest BCUT2D eigenvalue weighted by Gasteiger charge is -2.17. The Kier molecular flexibility index (Phi) is 5.19. The van der Waals surface area contributed by atoms with Crippen LogP contribution in [-0.2, 0) is 6.42 Å². The Bertz CT molecular complexity index is 640. The first-order chi connectivity index (χ1) is 10.1. The fraction of sp³-hybridized carbons (Fsp3) is 0.286. The summed E-state index contributed by atoms with van der Waals surface area (Å²) in [6.07, 6.45) is 1.47. The number of ether oxygens (including phenoxy) is 1. The van der Waals surface area contributed by atoms with Crippen LogP contribution in [0.15, 0.2) is 29.0 Å². The average molecular weight is 358 g/mol. The van der Waals surface area contributed by atoms with E-state index < -0.39 is 11.6 Å². The molecule has 0 saturated carbocycles. The van der Waals surface area contributed by atoms with E-state index in [4.69, 9.17) is 4.74 Å². The van der Waals surface area contributed by atoms with E-state index in [0.29, 0.717) is 11.6 Å². The largest absolute Gasteiger partial charge is 0.481 e. The lowest BCUT2D eigenvalue weighted by atomic mass is 10.0. The molecular formula is C14H14BrF2N3O. The van der Waals surface area contributed by atoms with Crippen molar-refractivity contribution in [1.29, 1.82) is 0 Å². The summed E-state index contributed by atoms with van der Waals surface area (Å²) in [4.78, 5) is 8.04. The van der Waals surface area contributed by atoms with Gasteiger partial charge in [0.25, 0.3) is 0 Å². The topological polar surface area (TPSA) is 47.0 Å². The fourth-order valence-electron chi connectivity index (χ4n) is 1.97. The van der Waals surface area contributed by atoms with Crippen LogP contribution in [0.3, 0.4) is 0 Å². The van der Waals surface area contributed by atoms with Crippen LogP contribution in [0.2, 0.25) is 0 Å². The zero-order valence-corrected chi connectivity index (χ0v) is 13.1. The van der Waals surface area contributed by atoms with E-state index in [-0.39, 0.29) is 22.5 Å². The Morgan fingerprint density at radius 2 is 2.10 bits per heavy atom. The van der Waals surface area contributed by atoms with Gasteiger partial charge in [0.1, 0.15) is 18.0 Å². The van der Waals surface area contributed by atoms with Crippen LogP contribution in [0.1, 0.15) is 17.3 Å². The molecular weight excluding hydrogens is 344 g/mol. The van der Waals surface area contributed by atoms with E-state index in [2.05, 4.69) is 31.2 Å². The van der Waals surface area contributed by atoms with Crippen molar-refractivity contribution >= 4 is 15.9 Å². The summed E-state index contributed by atoms with van der Waals surface area (Å²) in [5, 5.41) is 3.00. The quantitative estimate of drug-likeness (QED) is 0.835. The van der Waals surface area contributed by atoms with Crippen LogP contribution in [0.25, 0.3) is 0 Å². The predicted octanol–water partition coefficient (Wildman–Crippen LogP) is 3.03. The van der Waals surface area contributed by atoms with Crippen molar-refractivity contribution in [1.82, 2.24) is 15.3 Å². The highest BCUT2D eigenvalue weighted by molar-refractivity contribution is 9.10. The van der Waals surface area contributed by atoms with Crippen molar-refractivity contribution in [2.75, 3.05) is 14.2 Å². The third kappa shape index (κ3) is 3.54. The molecule has 2 rings (SSSR count).